The van der Waals surface area contributed by atoms with Gasteiger partial charge >= 0.3 is 0 Å². The minimum absolute atomic E-state index is 0.214. The van der Waals surface area contributed by atoms with Gasteiger partial charge in [-0.1, -0.05) is 49.6 Å². The normalized spacial score (nSPS) is 16.3. The first kappa shape index (κ1) is 14.3. The Bertz CT molecular complexity index is 582. The highest BCUT2D eigenvalue weighted by Gasteiger charge is 2.21. The molecule has 1 aromatic heterocycles. The van der Waals surface area contributed by atoms with Crippen LogP contribution in [-0.2, 0) is 0 Å². The molecule has 110 valence electrons. The molecule has 2 nitrogen and oxygen atoms in total. The van der Waals surface area contributed by atoms with Crippen molar-refractivity contribution in [1.82, 2.24) is 4.90 Å². The van der Waals surface area contributed by atoms with Crippen molar-refractivity contribution in [3.05, 3.63) is 46.7 Å². The average molecular weight is 299 g/mol. The molecule has 0 aliphatic carbocycles. The van der Waals surface area contributed by atoms with Crippen LogP contribution >= 0.6 is 11.3 Å². The quantitative estimate of drug-likeness (QED) is 0.778. The Morgan fingerprint density at radius 3 is 2.29 bits per heavy atom. The van der Waals surface area contributed by atoms with Gasteiger partial charge in [-0.25, -0.2) is 0 Å². The van der Waals surface area contributed by atoms with Crippen molar-refractivity contribution in [1.29, 1.82) is 0 Å². The summed E-state index contributed by atoms with van der Waals surface area (Å²) in [5.41, 5.74) is 2.21. The molecule has 1 aliphatic heterocycles. The summed E-state index contributed by atoms with van der Waals surface area (Å²) in [6.45, 7) is 1.82. The van der Waals surface area contributed by atoms with Gasteiger partial charge in [-0.3, -0.25) is 4.79 Å². The maximum atomic E-state index is 12.9. The molecule has 1 fully saturated rings. The van der Waals surface area contributed by atoms with Gasteiger partial charge in [0.15, 0.2) is 0 Å². The zero-order valence-electron chi connectivity index (χ0n) is 12.3. The van der Waals surface area contributed by atoms with Gasteiger partial charge in [0.1, 0.15) is 0 Å². The highest BCUT2D eigenvalue weighted by molar-refractivity contribution is 7.12. The van der Waals surface area contributed by atoms with E-state index < -0.39 is 0 Å². The molecule has 0 radical (unpaired) electrons. The van der Waals surface area contributed by atoms with Crippen LogP contribution in [0, 0.1) is 0 Å². The van der Waals surface area contributed by atoms with Crippen LogP contribution < -0.4 is 0 Å². The largest absolute Gasteiger partial charge is 0.338 e. The zero-order valence-corrected chi connectivity index (χ0v) is 13.1. The lowest BCUT2D eigenvalue weighted by molar-refractivity contribution is 0.0748. The molecule has 1 aliphatic rings. The monoisotopic (exact) mass is 299 g/mol. The summed E-state index contributed by atoms with van der Waals surface area (Å²) in [6, 6.07) is 12.3. The van der Waals surface area contributed by atoms with Crippen molar-refractivity contribution in [3.63, 3.8) is 0 Å². The van der Waals surface area contributed by atoms with Crippen LogP contribution in [0.4, 0.5) is 0 Å². The van der Waals surface area contributed by atoms with E-state index in [0.717, 1.165) is 41.9 Å². The van der Waals surface area contributed by atoms with Crippen molar-refractivity contribution < 1.29 is 4.79 Å². The second-order valence-electron chi connectivity index (χ2n) is 5.59. The SMILES string of the molecule is O=C(c1sccc1-c1ccccc1)N1CCCCCCC1. The summed E-state index contributed by atoms with van der Waals surface area (Å²) in [6.07, 6.45) is 6.09. The third-order valence-corrected chi connectivity index (χ3v) is 4.99. The van der Waals surface area contributed by atoms with Crippen molar-refractivity contribution in [2.75, 3.05) is 13.1 Å². The maximum Gasteiger partial charge on any atom is 0.264 e. The smallest absolute Gasteiger partial charge is 0.264 e. The van der Waals surface area contributed by atoms with Crippen LogP contribution in [0.1, 0.15) is 41.8 Å². The van der Waals surface area contributed by atoms with Crippen molar-refractivity contribution >= 4 is 17.2 Å². The number of carbonyl (C=O) groups excluding carboxylic acids is 1. The molecule has 3 heteroatoms. The summed E-state index contributed by atoms with van der Waals surface area (Å²) >= 11 is 1.57. The third kappa shape index (κ3) is 3.35. The molecule has 0 bridgehead atoms. The molecule has 21 heavy (non-hydrogen) atoms. The fourth-order valence-corrected chi connectivity index (χ4v) is 3.80. The van der Waals surface area contributed by atoms with Gasteiger partial charge in [0, 0.05) is 18.7 Å². The number of hydrogen-bond donors (Lipinski definition) is 0. The molecular weight excluding hydrogens is 278 g/mol. The fourth-order valence-electron chi connectivity index (χ4n) is 2.91. The molecule has 1 aromatic carbocycles. The van der Waals surface area contributed by atoms with Gasteiger partial charge in [0.05, 0.1) is 4.88 Å². The number of nitrogens with zero attached hydrogens (tertiary/aromatic N) is 1. The van der Waals surface area contributed by atoms with E-state index in [2.05, 4.69) is 23.1 Å². The molecule has 0 unspecified atom stereocenters. The van der Waals surface area contributed by atoms with E-state index in [9.17, 15) is 4.79 Å². The van der Waals surface area contributed by atoms with Crippen LogP contribution in [0.5, 0.6) is 0 Å². The first-order valence-electron chi connectivity index (χ1n) is 7.78. The van der Waals surface area contributed by atoms with E-state index in [0.29, 0.717) is 0 Å². The molecule has 0 N–H and O–H groups in total. The summed E-state index contributed by atoms with van der Waals surface area (Å²) < 4.78 is 0. The summed E-state index contributed by atoms with van der Waals surface area (Å²) in [4.78, 5) is 15.8. The Kier molecular flexibility index (Phi) is 4.71. The van der Waals surface area contributed by atoms with Gasteiger partial charge < -0.3 is 4.90 Å². The summed E-state index contributed by atoms with van der Waals surface area (Å²) in [7, 11) is 0. The van der Waals surface area contributed by atoms with Crippen molar-refractivity contribution in [2.45, 2.75) is 32.1 Å². The number of carbonyl (C=O) groups is 1. The summed E-state index contributed by atoms with van der Waals surface area (Å²) in [5, 5.41) is 2.03. The second-order valence-corrected chi connectivity index (χ2v) is 6.51. The fraction of sp³-hybridized carbons (Fsp3) is 0.389. The predicted molar refractivity (Wildman–Crippen MR) is 88.7 cm³/mol. The molecule has 1 saturated heterocycles. The molecule has 0 spiro atoms. The standard InChI is InChI=1S/C18H21NOS/c20-18(19-12-7-2-1-3-8-13-19)17-16(11-14-21-17)15-9-5-4-6-10-15/h4-6,9-11,14H,1-3,7-8,12-13H2. The zero-order chi connectivity index (χ0) is 14.5. The van der Waals surface area contributed by atoms with Crippen LogP contribution in [0.2, 0.25) is 0 Å². The molecular formula is C18H21NOS. The lowest BCUT2D eigenvalue weighted by Crippen LogP contribution is -2.33. The minimum atomic E-state index is 0.214. The first-order chi connectivity index (χ1) is 10.4. The van der Waals surface area contributed by atoms with E-state index in [1.54, 1.807) is 11.3 Å². The number of benzene rings is 1. The Hall–Kier alpha value is -1.61. The molecule has 2 aromatic rings. The molecule has 2 heterocycles. The van der Waals surface area contributed by atoms with E-state index in [4.69, 9.17) is 0 Å². The van der Waals surface area contributed by atoms with E-state index in [1.165, 1.54) is 19.3 Å². The van der Waals surface area contributed by atoms with Gasteiger partial charge in [-0.05, 0) is 29.9 Å². The second kappa shape index (κ2) is 6.90. The molecule has 0 atom stereocenters. The first-order valence-corrected chi connectivity index (χ1v) is 8.66. The van der Waals surface area contributed by atoms with E-state index >= 15 is 0 Å². The van der Waals surface area contributed by atoms with E-state index in [-0.39, 0.29) is 5.91 Å². The van der Waals surface area contributed by atoms with Crippen molar-refractivity contribution in [3.8, 4) is 11.1 Å². The average Bonchev–Trinajstić information content (AvgIpc) is 2.96. The lowest BCUT2D eigenvalue weighted by atomic mass is 10.1. The van der Waals surface area contributed by atoms with Crippen LogP contribution in [0.25, 0.3) is 11.1 Å². The maximum absolute atomic E-state index is 12.9. The highest BCUT2D eigenvalue weighted by Crippen LogP contribution is 2.29. The van der Waals surface area contributed by atoms with Crippen LogP contribution in [0.3, 0.4) is 0 Å². The number of hydrogen-bond acceptors (Lipinski definition) is 2. The Labute approximate surface area is 130 Å². The topological polar surface area (TPSA) is 20.3 Å². The lowest BCUT2D eigenvalue weighted by Gasteiger charge is -2.24. The number of amides is 1. The summed E-state index contributed by atoms with van der Waals surface area (Å²) in [5.74, 6) is 0.214. The number of likely N-dealkylation sites (tertiary alicyclic amines) is 1. The van der Waals surface area contributed by atoms with Crippen LogP contribution in [0.15, 0.2) is 41.8 Å². The molecule has 0 saturated carbocycles. The third-order valence-electron chi connectivity index (χ3n) is 4.09. The van der Waals surface area contributed by atoms with Crippen molar-refractivity contribution in [2.24, 2.45) is 0 Å². The Morgan fingerprint density at radius 2 is 1.57 bits per heavy atom. The van der Waals surface area contributed by atoms with Gasteiger partial charge in [-0.2, -0.15) is 0 Å². The molecule has 1 amide bonds. The van der Waals surface area contributed by atoms with Gasteiger partial charge in [-0.15, -0.1) is 11.3 Å². The Morgan fingerprint density at radius 1 is 0.905 bits per heavy atom. The van der Waals surface area contributed by atoms with Gasteiger partial charge in [0.25, 0.3) is 5.91 Å². The van der Waals surface area contributed by atoms with Gasteiger partial charge in [0.2, 0.25) is 0 Å². The van der Waals surface area contributed by atoms with Crippen LogP contribution in [-0.4, -0.2) is 23.9 Å². The van der Waals surface area contributed by atoms with E-state index in [1.807, 2.05) is 23.6 Å². The predicted octanol–water partition coefficient (Wildman–Crippen LogP) is 4.82. The number of rotatable bonds is 2. The minimum Gasteiger partial charge on any atom is -0.338 e. The molecule has 3 rings (SSSR count). The Balaban J connectivity index is 1.83. The number of thiophene rings is 1. The highest BCUT2D eigenvalue weighted by atomic mass is 32.1.